The molecule has 170 valence electrons. The van der Waals surface area contributed by atoms with Crippen LogP contribution in [0.5, 0.6) is 0 Å². The van der Waals surface area contributed by atoms with Crippen molar-refractivity contribution < 1.29 is 14.4 Å². The van der Waals surface area contributed by atoms with Crippen LogP contribution in [-0.4, -0.2) is 39.8 Å². The molecule has 4 amide bonds. The number of rotatable bonds is 4. The third-order valence-electron chi connectivity index (χ3n) is 6.76. The van der Waals surface area contributed by atoms with Crippen molar-refractivity contribution in [1.29, 1.82) is 0 Å². The maximum atomic E-state index is 13.0. The van der Waals surface area contributed by atoms with Gasteiger partial charge < -0.3 is 10.6 Å². The number of aromatic nitrogens is 1. The molecule has 2 unspecified atom stereocenters. The number of urea groups is 1. The van der Waals surface area contributed by atoms with E-state index in [1.165, 1.54) is 5.56 Å². The first-order valence-electron chi connectivity index (χ1n) is 11.3. The highest BCUT2D eigenvalue weighted by atomic mass is 32.1. The Hall–Kier alpha value is -3.26. The summed E-state index contributed by atoms with van der Waals surface area (Å²) in [5, 5.41) is 6.59. The second-order valence-corrected chi connectivity index (χ2v) is 10.1. The van der Waals surface area contributed by atoms with Gasteiger partial charge in [0.05, 0.1) is 10.2 Å². The summed E-state index contributed by atoms with van der Waals surface area (Å²) >= 11 is 1.63. The number of imide groups is 1. The molecule has 1 spiro atoms. The van der Waals surface area contributed by atoms with Gasteiger partial charge in [-0.25, -0.2) is 9.78 Å². The number of carbonyl (C=O) groups excluding carboxylic acids is 3. The summed E-state index contributed by atoms with van der Waals surface area (Å²) in [5.41, 5.74) is 2.89. The minimum Gasteiger partial charge on any atom is -0.325 e. The Bertz CT molecular complexity index is 1250. The van der Waals surface area contributed by atoms with Crippen molar-refractivity contribution in [1.82, 2.24) is 15.2 Å². The first kappa shape index (κ1) is 21.6. The predicted molar refractivity (Wildman–Crippen MR) is 129 cm³/mol. The van der Waals surface area contributed by atoms with Gasteiger partial charge in [-0.05, 0) is 67.6 Å². The molecule has 2 aromatic carbocycles. The van der Waals surface area contributed by atoms with Gasteiger partial charge in [-0.2, -0.15) is 0 Å². The van der Waals surface area contributed by atoms with E-state index in [0.717, 1.165) is 45.0 Å². The molecule has 0 radical (unpaired) electrons. The van der Waals surface area contributed by atoms with E-state index in [0.29, 0.717) is 12.1 Å². The molecular weight excluding hydrogens is 436 g/mol. The fourth-order valence-corrected chi connectivity index (χ4v) is 5.90. The lowest BCUT2D eigenvalue weighted by atomic mass is 9.73. The van der Waals surface area contributed by atoms with E-state index in [2.05, 4.69) is 28.6 Å². The topological polar surface area (TPSA) is 91.4 Å². The van der Waals surface area contributed by atoms with E-state index >= 15 is 0 Å². The van der Waals surface area contributed by atoms with Gasteiger partial charge in [-0.1, -0.05) is 25.8 Å². The van der Waals surface area contributed by atoms with Gasteiger partial charge >= 0.3 is 6.03 Å². The van der Waals surface area contributed by atoms with Crippen molar-refractivity contribution in [3.8, 4) is 10.6 Å². The van der Waals surface area contributed by atoms with Crippen molar-refractivity contribution >= 4 is 45.1 Å². The van der Waals surface area contributed by atoms with Gasteiger partial charge in [-0.3, -0.25) is 14.5 Å². The number of nitrogens with one attached hydrogen (secondary N) is 2. The predicted octanol–water partition coefficient (Wildman–Crippen LogP) is 4.71. The third-order valence-corrected chi connectivity index (χ3v) is 7.83. The zero-order valence-electron chi connectivity index (χ0n) is 18.7. The van der Waals surface area contributed by atoms with E-state index in [-0.39, 0.29) is 18.4 Å². The molecule has 33 heavy (non-hydrogen) atoms. The van der Waals surface area contributed by atoms with Crippen molar-refractivity contribution in [2.75, 3.05) is 11.9 Å². The molecule has 2 atom stereocenters. The van der Waals surface area contributed by atoms with Crippen LogP contribution in [0.2, 0.25) is 0 Å². The molecule has 2 N–H and O–H groups in total. The second-order valence-electron chi connectivity index (χ2n) is 9.06. The molecule has 7 nitrogen and oxygen atoms in total. The number of amides is 4. The molecule has 2 fully saturated rings. The Morgan fingerprint density at radius 2 is 2.00 bits per heavy atom. The van der Waals surface area contributed by atoms with Crippen LogP contribution in [0.3, 0.4) is 0 Å². The van der Waals surface area contributed by atoms with E-state index in [4.69, 9.17) is 0 Å². The van der Waals surface area contributed by atoms with Gasteiger partial charge in [0.1, 0.15) is 17.1 Å². The summed E-state index contributed by atoms with van der Waals surface area (Å²) in [5.74, 6) is -0.617. The third kappa shape index (κ3) is 3.88. The Kier molecular flexibility index (Phi) is 5.40. The fraction of sp³-hybridized carbons (Fsp3) is 0.360. The van der Waals surface area contributed by atoms with Gasteiger partial charge in [0, 0.05) is 11.3 Å². The largest absolute Gasteiger partial charge is 0.325 e. The Labute approximate surface area is 196 Å². The Morgan fingerprint density at radius 1 is 1.21 bits per heavy atom. The summed E-state index contributed by atoms with van der Waals surface area (Å²) in [6, 6.07) is 13.1. The van der Waals surface area contributed by atoms with Crippen LogP contribution >= 0.6 is 11.3 Å². The molecular formula is C25H26N4O3S. The number of thiazole rings is 1. The van der Waals surface area contributed by atoms with Gasteiger partial charge in [0.2, 0.25) is 5.91 Å². The van der Waals surface area contributed by atoms with Gasteiger partial charge in [0.25, 0.3) is 5.91 Å². The summed E-state index contributed by atoms with van der Waals surface area (Å²) in [6.07, 6.45) is 3.48. The maximum Gasteiger partial charge on any atom is 0.325 e. The summed E-state index contributed by atoms with van der Waals surface area (Å²) < 4.78 is 1.14. The molecule has 1 saturated carbocycles. The highest BCUT2D eigenvalue weighted by molar-refractivity contribution is 7.21. The molecule has 8 heteroatoms. The summed E-state index contributed by atoms with van der Waals surface area (Å²) in [6.45, 7) is 3.76. The van der Waals surface area contributed by atoms with Crippen LogP contribution in [0.25, 0.3) is 20.8 Å². The maximum absolute atomic E-state index is 13.0. The van der Waals surface area contributed by atoms with Crippen LogP contribution in [0, 0.1) is 12.8 Å². The number of nitrogens with zero attached hydrogens (tertiary/aromatic N) is 2. The number of hydrogen-bond donors (Lipinski definition) is 2. The van der Waals surface area contributed by atoms with Gasteiger partial charge in [-0.15, -0.1) is 11.3 Å². The van der Waals surface area contributed by atoms with E-state index in [1.807, 2.05) is 31.2 Å². The monoisotopic (exact) mass is 462 g/mol. The Balaban J connectivity index is 1.25. The van der Waals surface area contributed by atoms with Crippen LogP contribution in [-0.2, 0) is 9.59 Å². The average Bonchev–Trinajstić information content (AvgIpc) is 3.31. The summed E-state index contributed by atoms with van der Waals surface area (Å²) in [4.78, 5) is 43.9. The number of benzene rings is 2. The Morgan fingerprint density at radius 3 is 2.76 bits per heavy atom. The highest BCUT2D eigenvalue weighted by Gasteiger charge is 2.55. The number of fused-ring (bicyclic) bond motifs is 1. The molecule has 1 aliphatic heterocycles. The second kappa shape index (κ2) is 8.26. The first-order chi connectivity index (χ1) is 15.9. The van der Waals surface area contributed by atoms with Crippen molar-refractivity contribution in [2.45, 2.75) is 45.1 Å². The molecule has 1 aliphatic carbocycles. The number of anilines is 1. The van der Waals surface area contributed by atoms with Crippen LogP contribution in [0.1, 0.15) is 38.2 Å². The number of carbonyl (C=O) groups is 3. The van der Waals surface area contributed by atoms with Crippen LogP contribution in [0.15, 0.2) is 42.5 Å². The fourth-order valence-electron chi connectivity index (χ4n) is 4.83. The lowest BCUT2D eigenvalue weighted by Gasteiger charge is -2.36. The smallest absolute Gasteiger partial charge is 0.325 e. The first-order valence-corrected chi connectivity index (χ1v) is 12.1. The highest BCUT2D eigenvalue weighted by Crippen LogP contribution is 2.38. The zero-order chi connectivity index (χ0) is 23.2. The van der Waals surface area contributed by atoms with E-state index < -0.39 is 17.5 Å². The zero-order valence-corrected chi connectivity index (χ0v) is 19.5. The van der Waals surface area contributed by atoms with E-state index in [1.54, 1.807) is 23.5 Å². The molecule has 1 saturated heterocycles. The minimum atomic E-state index is -0.854. The van der Waals surface area contributed by atoms with Crippen molar-refractivity contribution in [3.63, 3.8) is 0 Å². The molecule has 3 aromatic rings. The van der Waals surface area contributed by atoms with E-state index in [9.17, 15) is 14.4 Å². The van der Waals surface area contributed by atoms with Gasteiger partial charge in [0.15, 0.2) is 0 Å². The lowest BCUT2D eigenvalue weighted by Crippen LogP contribution is -2.54. The lowest BCUT2D eigenvalue weighted by molar-refractivity contribution is -0.136. The molecule has 2 aliphatic rings. The minimum absolute atomic E-state index is 0.0646. The van der Waals surface area contributed by atoms with Crippen LogP contribution in [0.4, 0.5) is 10.5 Å². The van der Waals surface area contributed by atoms with Crippen molar-refractivity contribution in [2.24, 2.45) is 5.92 Å². The summed E-state index contributed by atoms with van der Waals surface area (Å²) in [7, 11) is 0. The number of hydrogen-bond acceptors (Lipinski definition) is 5. The molecule has 0 bridgehead atoms. The van der Waals surface area contributed by atoms with Crippen LogP contribution < -0.4 is 10.6 Å². The molecule has 1 aromatic heterocycles. The average molecular weight is 463 g/mol. The SMILES string of the molecule is Cc1ccc2nc(-c3ccc(NC(=O)CN4C(=O)NC5(CCCCC5C)C4=O)cc3)sc2c1. The quantitative estimate of drug-likeness (QED) is 0.549. The standard InChI is InChI=1S/C25H26N4O3S/c1-15-6-11-19-20(13-15)33-22(27-19)17-7-9-18(10-8-17)26-21(30)14-29-23(31)25(28-24(29)32)12-4-3-5-16(25)2/h6-11,13,16H,3-5,12,14H2,1-2H3,(H,26,30)(H,28,32). The molecule has 5 rings (SSSR count). The normalized spacial score (nSPS) is 22.7. The van der Waals surface area contributed by atoms with Crippen molar-refractivity contribution in [3.05, 3.63) is 48.0 Å². The molecule has 2 heterocycles. The number of aryl methyl sites for hydroxylation is 1.